The van der Waals surface area contributed by atoms with E-state index in [4.69, 9.17) is 4.74 Å². The van der Waals surface area contributed by atoms with Gasteiger partial charge < -0.3 is 10.1 Å². The first-order chi connectivity index (χ1) is 8.22. The fraction of sp³-hybridized carbons (Fsp3) is 0.929. The molecule has 3 atom stereocenters. The molecule has 3 unspecified atom stereocenters. The summed E-state index contributed by atoms with van der Waals surface area (Å²) >= 11 is 0. The molecule has 100 valence electrons. The summed E-state index contributed by atoms with van der Waals surface area (Å²) in [6.45, 7) is 6.62. The van der Waals surface area contributed by atoms with E-state index in [1.54, 1.807) is 0 Å². The molecule has 0 saturated heterocycles. The summed E-state index contributed by atoms with van der Waals surface area (Å²) in [4.78, 5) is 11.8. The van der Waals surface area contributed by atoms with E-state index in [2.05, 4.69) is 12.2 Å². The highest BCUT2D eigenvalue weighted by atomic mass is 16.5. The maximum Gasteiger partial charge on any atom is 0.323 e. The van der Waals surface area contributed by atoms with Crippen LogP contribution in [0.3, 0.4) is 0 Å². The molecule has 1 fully saturated rings. The minimum Gasteiger partial charge on any atom is -0.465 e. The van der Waals surface area contributed by atoms with E-state index in [-0.39, 0.29) is 12.0 Å². The number of esters is 1. The Labute approximate surface area is 105 Å². The van der Waals surface area contributed by atoms with Crippen molar-refractivity contribution in [1.82, 2.24) is 5.32 Å². The standard InChI is InChI=1S/C14H27NO2/c1-4-11-9-7-8-10-13(11)15-12(5-2)14(16)17-6-3/h11-13,15H,4-10H2,1-3H3. The smallest absolute Gasteiger partial charge is 0.323 e. The van der Waals surface area contributed by atoms with Crippen molar-refractivity contribution in [2.45, 2.75) is 71.4 Å². The van der Waals surface area contributed by atoms with Crippen LogP contribution in [0.15, 0.2) is 0 Å². The van der Waals surface area contributed by atoms with Gasteiger partial charge in [-0.05, 0) is 32.1 Å². The molecule has 1 rings (SSSR count). The Balaban J connectivity index is 2.50. The van der Waals surface area contributed by atoms with Crippen LogP contribution in [0.4, 0.5) is 0 Å². The number of carbonyl (C=O) groups is 1. The van der Waals surface area contributed by atoms with Gasteiger partial charge in [-0.1, -0.05) is 33.1 Å². The Hall–Kier alpha value is -0.570. The second kappa shape index (κ2) is 7.70. The van der Waals surface area contributed by atoms with Crippen LogP contribution in [-0.2, 0) is 9.53 Å². The molecule has 0 aliphatic heterocycles. The monoisotopic (exact) mass is 241 g/mol. The average Bonchev–Trinajstić information content (AvgIpc) is 2.36. The first-order valence-corrected chi connectivity index (χ1v) is 7.15. The number of ether oxygens (including phenoxy) is 1. The van der Waals surface area contributed by atoms with Crippen LogP contribution < -0.4 is 5.32 Å². The molecule has 1 aliphatic rings. The Morgan fingerprint density at radius 3 is 2.59 bits per heavy atom. The maximum atomic E-state index is 11.8. The van der Waals surface area contributed by atoms with Gasteiger partial charge in [0.05, 0.1) is 6.61 Å². The zero-order chi connectivity index (χ0) is 12.7. The van der Waals surface area contributed by atoms with Crippen LogP contribution in [0.5, 0.6) is 0 Å². The van der Waals surface area contributed by atoms with Crippen LogP contribution in [0.25, 0.3) is 0 Å². The van der Waals surface area contributed by atoms with Gasteiger partial charge in [0.25, 0.3) is 0 Å². The van der Waals surface area contributed by atoms with Crippen molar-refractivity contribution in [3.05, 3.63) is 0 Å². The molecule has 3 heteroatoms. The minimum atomic E-state index is -0.118. The highest BCUT2D eigenvalue weighted by Gasteiger charge is 2.28. The van der Waals surface area contributed by atoms with Gasteiger partial charge in [-0.15, -0.1) is 0 Å². The molecule has 0 heterocycles. The third kappa shape index (κ3) is 4.30. The lowest BCUT2D eigenvalue weighted by atomic mass is 9.82. The summed E-state index contributed by atoms with van der Waals surface area (Å²) in [6.07, 6.45) is 7.14. The number of hydrogen-bond donors (Lipinski definition) is 1. The highest BCUT2D eigenvalue weighted by molar-refractivity contribution is 5.75. The highest BCUT2D eigenvalue weighted by Crippen LogP contribution is 2.27. The molecule has 0 aromatic carbocycles. The predicted molar refractivity (Wildman–Crippen MR) is 69.9 cm³/mol. The molecular formula is C14H27NO2. The third-order valence-corrected chi connectivity index (χ3v) is 3.83. The number of rotatable bonds is 6. The molecule has 0 bridgehead atoms. The van der Waals surface area contributed by atoms with Crippen molar-refractivity contribution < 1.29 is 9.53 Å². The van der Waals surface area contributed by atoms with E-state index < -0.39 is 0 Å². The lowest BCUT2D eigenvalue weighted by Crippen LogP contribution is -2.48. The Bertz CT molecular complexity index is 230. The van der Waals surface area contributed by atoms with Crippen LogP contribution >= 0.6 is 0 Å². The third-order valence-electron chi connectivity index (χ3n) is 3.83. The summed E-state index contributed by atoms with van der Waals surface area (Å²) in [5, 5.41) is 3.52. The normalized spacial score (nSPS) is 26.5. The lowest BCUT2D eigenvalue weighted by molar-refractivity contribution is -0.146. The van der Waals surface area contributed by atoms with Gasteiger partial charge in [-0.2, -0.15) is 0 Å². The van der Waals surface area contributed by atoms with Gasteiger partial charge in [0.15, 0.2) is 0 Å². The molecule has 3 nitrogen and oxygen atoms in total. The van der Waals surface area contributed by atoms with Gasteiger partial charge in [0.1, 0.15) is 6.04 Å². The molecule has 1 N–H and O–H groups in total. The molecule has 0 radical (unpaired) electrons. The SMILES string of the molecule is CCOC(=O)C(CC)NC1CCCCC1CC. The van der Waals surface area contributed by atoms with Crippen molar-refractivity contribution in [3.8, 4) is 0 Å². The lowest BCUT2D eigenvalue weighted by Gasteiger charge is -2.34. The van der Waals surface area contributed by atoms with Gasteiger partial charge in [0.2, 0.25) is 0 Å². The van der Waals surface area contributed by atoms with Gasteiger partial charge in [-0.3, -0.25) is 4.79 Å². The fourth-order valence-corrected chi connectivity index (χ4v) is 2.77. The van der Waals surface area contributed by atoms with Crippen molar-refractivity contribution in [2.24, 2.45) is 5.92 Å². The minimum absolute atomic E-state index is 0.0876. The Kier molecular flexibility index (Phi) is 6.56. The molecule has 17 heavy (non-hydrogen) atoms. The van der Waals surface area contributed by atoms with E-state index in [9.17, 15) is 4.79 Å². The molecule has 0 aromatic rings. The van der Waals surface area contributed by atoms with Gasteiger partial charge >= 0.3 is 5.97 Å². The maximum absolute atomic E-state index is 11.8. The van der Waals surface area contributed by atoms with Gasteiger partial charge in [-0.25, -0.2) is 0 Å². The molecule has 0 spiro atoms. The second-order valence-electron chi connectivity index (χ2n) is 4.94. The summed E-state index contributed by atoms with van der Waals surface area (Å²) in [5.74, 6) is 0.641. The van der Waals surface area contributed by atoms with E-state index >= 15 is 0 Å². The fourth-order valence-electron chi connectivity index (χ4n) is 2.77. The summed E-state index contributed by atoms with van der Waals surface area (Å²) < 4.78 is 5.10. The van der Waals surface area contributed by atoms with E-state index in [0.717, 1.165) is 12.3 Å². The van der Waals surface area contributed by atoms with Crippen LogP contribution in [0, 0.1) is 5.92 Å². The Morgan fingerprint density at radius 2 is 2.00 bits per heavy atom. The largest absolute Gasteiger partial charge is 0.465 e. The quantitative estimate of drug-likeness (QED) is 0.727. The zero-order valence-corrected chi connectivity index (χ0v) is 11.5. The molecule has 1 saturated carbocycles. The van der Waals surface area contributed by atoms with E-state index in [1.165, 1.54) is 32.1 Å². The number of carbonyl (C=O) groups excluding carboxylic acids is 1. The summed E-state index contributed by atoms with van der Waals surface area (Å²) in [7, 11) is 0. The molecule has 0 aromatic heterocycles. The number of nitrogens with one attached hydrogen (secondary N) is 1. The van der Waals surface area contributed by atoms with E-state index in [1.807, 2.05) is 13.8 Å². The first-order valence-electron chi connectivity index (χ1n) is 7.15. The van der Waals surface area contributed by atoms with Crippen molar-refractivity contribution in [2.75, 3.05) is 6.61 Å². The topological polar surface area (TPSA) is 38.3 Å². The van der Waals surface area contributed by atoms with Crippen LogP contribution in [0.2, 0.25) is 0 Å². The molecular weight excluding hydrogens is 214 g/mol. The molecule has 0 amide bonds. The van der Waals surface area contributed by atoms with Crippen molar-refractivity contribution in [3.63, 3.8) is 0 Å². The molecule has 1 aliphatic carbocycles. The van der Waals surface area contributed by atoms with Crippen molar-refractivity contribution >= 4 is 5.97 Å². The van der Waals surface area contributed by atoms with Crippen LogP contribution in [-0.4, -0.2) is 24.7 Å². The Morgan fingerprint density at radius 1 is 1.29 bits per heavy atom. The zero-order valence-electron chi connectivity index (χ0n) is 11.5. The summed E-state index contributed by atoms with van der Waals surface area (Å²) in [6, 6.07) is 0.384. The van der Waals surface area contributed by atoms with Gasteiger partial charge in [0, 0.05) is 6.04 Å². The van der Waals surface area contributed by atoms with Crippen molar-refractivity contribution in [1.29, 1.82) is 0 Å². The summed E-state index contributed by atoms with van der Waals surface area (Å²) in [5.41, 5.74) is 0. The second-order valence-corrected chi connectivity index (χ2v) is 4.94. The predicted octanol–water partition coefficient (Wildman–Crippen LogP) is 2.89. The average molecular weight is 241 g/mol. The first kappa shape index (κ1) is 14.5. The van der Waals surface area contributed by atoms with E-state index in [0.29, 0.717) is 12.6 Å². The van der Waals surface area contributed by atoms with Crippen LogP contribution in [0.1, 0.15) is 59.3 Å². The number of hydrogen-bond acceptors (Lipinski definition) is 3.